The lowest BCUT2D eigenvalue weighted by atomic mass is 9.74. The van der Waals surface area contributed by atoms with Crippen LogP contribution in [0.3, 0.4) is 0 Å². The lowest BCUT2D eigenvalue weighted by Crippen LogP contribution is -2.50. The summed E-state index contributed by atoms with van der Waals surface area (Å²) in [6.07, 6.45) is 0.451. The van der Waals surface area contributed by atoms with E-state index in [-0.39, 0.29) is 23.7 Å². The van der Waals surface area contributed by atoms with Gasteiger partial charge in [0.15, 0.2) is 0 Å². The summed E-state index contributed by atoms with van der Waals surface area (Å²) in [4.78, 5) is 23.8. The minimum Gasteiger partial charge on any atom is -0.481 e. The molecule has 1 aliphatic rings. The number of aliphatic carboxylic acids is 1. The van der Waals surface area contributed by atoms with Crippen molar-refractivity contribution in [1.29, 1.82) is 0 Å². The molecule has 0 amide bonds. The molecule has 0 radical (unpaired) electrons. The summed E-state index contributed by atoms with van der Waals surface area (Å²) in [7, 11) is -0.720. The number of aromatic nitrogens is 2. The Kier molecular flexibility index (Phi) is 4.80. The number of nitrogens with zero attached hydrogens (tertiary/aromatic N) is 3. The first-order valence-corrected chi connectivity index (χ1v) is 10.7. The average Bonchev–Trinajstić information content (AvgIpc) is 2.77. The summed E-state index contributed by atoms with van der Waals surface area (Å²) in [5.74, 6) is -1.79. The third-order valence-corrected chi connectivity index (χ3v) is 8.40. The maximum Gasteiger partial charge on any atom is 0.328 e. The zero-order chi connectivity index (χ0) is 20.3. The van der Waals surface area contributed by atoms with Gasteiger partial charge >= 0.3 is 11.7 Å². The molecule has 1 N–H and O–H groups in total. The highest BCUT2D eigenvalue weighted by Gasteiger charge is 2.44. The molecule has 1 aliphatic heterocycles. The van der Waals surface area contributed by atoms with Crippen LogP contribution in [0.15, 0.2) is 26.3 Å². The number of aryl methyl sites for hydroxylation is 2. The molecule has 10 heteroatoms. The predicted molar refractivity (Wildman–Crippen MR) is 104 cm³/mol. The summed E-state index contributed by atoms with van der Waals surface area (Å²) in [6.45, 7) is 3.86. The van der Waals surface area contributed by atoms with Crippen LogP contribution in [0.4, 0.5) is 0 Å². The monoisotopic (exact) mass is 459 g/mol. The molecule has 27 heavy (non-hydrogen) atoms. The number of benzene rings is 1. The van der Waals surface area contributed by atoms with Crippen LogP contribution >= 0.6 is 15.9 Å². The molecular formula is C17H22BrN3O5S. The van der Waals surface area contributed by atoms with E-state index in [1.54, 1.807) is 20.2 Å². The molecule has 148 valence electrons. The first kappa shape index (κ1) is 20.1. The van der Waals surface area contributed by atoms with E-state index in [9.17, 15) is 23.1 Å². The molecule has 1 fully saturated rings. The third-order valence-electron chi connectivity index (χ3n) is 5.58. The highest BCUT2D eigenvalue weighted by atomic mass is 79.9. The van der Waals surface area contributed by atoms with Crippen LogP contribution in [-0.2, 0) is 28.9 Å². The van der Waals surface area contributed by atoms with Gasteiger partial charge in [0.1, 0.15) is 0 Å². The highest BCUT2D eigenvalue weighted by Crippen LogP contribution is 2.39. The molecular weight excluding hydrogens is 438 g/mol. The van der Waals surface area contributed by atoms with Gasteiger partial charge < -0.3 is 5.11 Å². The lowest BCUT2D eigenvalue weighted by Gasteiger charge is -2.41. The van der Waals surface area contributed by atoms with Crippen molar-refractivity contribution >= 4 is 43.0 Å². The molecule has 0 saturated carbocycles. The van der Waals surface area contributed by atoms with Crippen LogP contribution in [0.25, 0.3) is 11.0 Å². The second-order valence-corrected chi connectivity index (χ2v) is 10.4. The van der Waals surface area contributed by atoms with Crippen LogP contribution in [0, 0.1) is 11.3 Å². The molecule has 2 heterocycles. The van der Waals surface area contributed by atoms with Crippen LogP contribution < -0.4 is 5.69 Å². The maximum atomic E-state index is 13.2. The molecule has 2 aromatic rings. The number of imidazole rings is 1. The largest absolute Gasteiger partial charge is 0.481 e. The Morgan fingerprint density at radius 3 is 2.33 bits per heavy atom. The molecule has 0 aliphatic carbocycles. The average molecular weight is 460 g/mol. The van der Waals surface area contributed by atoms with Crippen LogP contribution in [0.1, 0.15) is 20.3 Å². The van der Waals surface area contributed by atoms with Crippen molar-refractivity contribution in [2.75, 3.05) is 13.1 Å². The Balaban J connectivity index is 2.10. The smallest absolute Gasteiger partial charge is 0.328 e. The quantitative estimate of drug-likeness (QED) is 0.753. The lowest BCUT2D eigenvalue weighted by molar-refractivity contribution is -0.147. The standard InChI is InChI=1S/C17H22BrN3O5S/c1-17(2)5-6-21(9-10(17)15(22)23)27(25,26)14-8-13-12(7-11(14)18)19(3)16(24)20(13)4/h7-8,10H,5-6,9H2,1-4H3,(H,22,23). The van der Waals surface area contributed by atoms with E-state index in [1.807, 2.05) is 13.8 Å². The number of hydrogen-bond acceptors (Lipinski definition) is 4. The van der Waals surface area contributed by atoms with E-state index in [2.05, 4.69) is 15.9 Å². The summed E-state index contributed by atoms with van der Waals surface area (Å²) in [6, 6.07) is 3.07. The zero-order valence-electron chi connectivity index (χ0n) is 15.6. The summed E-state index contributed by atoms with van der Waals surface area (Å²) in [5.41, 5.74) is 0.368. The van der Waals surface area contributed by atoms with Crippen LogP contribution in [0.5, 0.6) is 0 Å². The first-order valence-electron chi connectivity index (χ1n) is 8.46. The number of fused-ring (bicyclic) bond motifs is 1. The number of halogens is 1. The predicted octanol–water partition coefficient (Wildman–Crippen LogP) is 1.76. The number of piperidine rings is 1. The maximum absolute atomic E-state index is 13.2. The fraction of sp³-hybridized carbons (Fsp3) is 0.529. The van der Waals surface area contributed by atoms with Gasteiger partial charge in [-0.15, -0.1) is 0 Å². The number of hydrogen-bond donors (Lipinski definition) is 1. The van der Waals surface area contributed by atoms with Gasteiger partial charge in [-0.2, -0.15) is 4.31 Å². The number of sulfonamides is 1. The van der Waals surface area contributed by atoms with Crippen molar-refractivity contribution in [3.63, 3.8) is 0 Å². The molecule has 1 aromatic heterocycles. The van der Waals surface area contributed by atoms with Gasteiger partial charge in [-0.05, 0) is 39.9 Å². The van der Waals surface area contributed by atoms with E-state index in [1.165, 1.54) is 19.5 Å². The van der Waals surface area contributed by atoms with Crippen molar-refractivity contribution in [3.8, 4) is 0 Å². The normalized spacial score (nSPS) is 20.9. The molecule has 0 spiro atoms. The number of carboxylic acids is 1. The third kappa shape index (κ3) is 3.13. The van der Waals surface area contributed by atoms with Crippen molar-refractivity contribution in [3.05, 3.63) is 27.1 Å². The van der Waals surface area contributed by atoms with Crippen molar-refractivity contribution in [1.82, 2.24) is 13.4 Å². The van der Waals surface area contributed by atoms with Gasteiger partial charge in [0.25, 0.3) is 0 Å². The van der Waals surface area contributed by atoms with Gasteiger partial charge in [0, 0.05) is 31.7 Å². The van der Waals surface area contributed by atoms with E-state index in [4.69, 9.17) is 0 Å². The topological polar surface area (TPSA) is 102 Å². The van der Waals surface area contributed by atoms with Gasteiger partial charge in [-0.3, -0.25) is 13.9 Å². The summed E-state index contributed by atoms with van der Waals surface area (Å²) >= 11 is 3.31. The Morgan fingerprint density at radius 1 is 1.22 bits per heavy atom. The summed E-state index contributed by atoms with van der Waals surface area (Å²) in [5, 5.41) is 9.52. The Morgan fingerprint density at radius 2 is 1.78 bits per heavy atom. The molecule has 0 bridgehead atoms. The number of carboxylic acid groups (broad SMARTS) is 1. The van der Waals surface area contributed by atoms with Crippen LogP contribution in [0.2, 0.25) is 0 Å². The molecule has 1 atom stereocenters. The molecule has 1 aromatic carbocycles. The second-order valence-electron chi connectivity index (χ2n) is 7.66. The van der Waals surface area contributed by atoms with Crippen LogP contribution in [-0.4, -0.2) is 46.0 Å². The summed E-state index contributed by atoms with van der Waals surface area (Å²) < 4.78 is 30.9. The van der Waals surface area contributed by atoms with E-state index in [0.29, 0.717) is 21.9 Å². The molecule has 1 unspecified atom stereocenters. The van der Waals surface area contributed by atoms with E-state index in [0.717, 1.165) is 0 Å². The minimum atomic E-state index is -3.92. The minimum absolute atomic E-state index is 0.0278. The number of carbonyl (C=O) groups is 1. The fourth-order valence-electron chi connectivity index (χ4n) is 3.60. The van der Waals surface area contributed by atoms with Gasteiger partial charge in [0.05, 0.1) is 21.8 Å². The van der Waals surface area contributed by atoms with Crippen molar-refractivity contribution < 1.29 is 18.3 Å². The molecule has 8 nitrogen and oxygen atoms in total. The van der Waals surface area contributed by atoms with Gasteiger partial charge in [0.2, 0.25) is 10.0 Å². The second kappa shape index (κ2) is 6.46. The van der Waals surface area contributed by atoms with Crippen molar-refractivity contribution in [2.24, 2.45) is 25.4 Å². The Bertz CT molecular complexity index is 1100. The Hall–Kier alpha value is -1.65. The van der Waals surface area contributed by atoms with Gasteiger partial charge in [-0.1, -0.05) is 13.8 Å². The van der Waals surface area contributed by atoms with E-state index < -0.39 is 27.3 Å². The fourth-order valence-corrected chi connectivity index (χ4v) is 6.06. The SMILES string of the molecule is Cn1c(=O)n(C)c2cc(S(=O)(=O)N3CCC(C)(C)C(C(=O)O)C3)c(Br)cc21. The zero-order valence-corrected chi connectivity index (χ0v) is 18.0. The molecule has 3 rings (SSSR count). The first-order chi connectivity index (χ1) is 12.4. The van der Waals surface area contributed by atoms with Crippen molar-refractivity contribution in [2.45, 2.75) is 25.2 Å². The number of rotatable bonds is 3. The Labute approximate surface area is 165 Å². The highest BCUT2D eigenvalue weighted by molar-refractivity contribution is 9.10. The molecule has 1 saturated heterocycles. The van der Waals surface area contributed by atoms with E-state index >= 15 is 0 Å². The van der Waals surface area contributed by atoms with Gasteiger partial charge in [-0.25, -0.2) is 13.2 Å².